The summed E-state index contributed by atoms with van der Waals surface area (Å²) in [7, 11) is -2.21. The van der Waals surface area contributed by atoms with E-state index in [0.29, 0.717) is 25.5 Å². The molecule has 33 heavy (non-hydrogen) atoms. The van der Waals surface area contributed by atoms with Gasteiger partial charge in [-0.25, -0.2) is 17.6 Å². The highest BCUT2D eigenvalue weighted by Gasteiger charge is 2.33. The zero-order valence-electron chi connectivity index (χ0n) is 17.8. The van der Waals surface area contributed by atoms with Crippen molar-refractivity contribution in [3.63, 3.8) is 0 Å². The van der Waals surface area contributed by atoms with Crippen LogP contribution in [-0.4, -0.2) is 47.9 Å². The van der Waals surface area contributed by atoms with Crippen LogP contribution in [0.1, 0.15) is 28.8 Å². The lowest BCUT2D eigenvalue weighted by molar-refractivity contribution is -0.137. The van der Waals surface area contributed by atoms with Crippen molar-refractivity contribution in [2.45, 2.75) is 30.1 Å². The third-order valence-corrected chi connectivity index (χ3v) is 6.53. The first kappa shape index (κ1) is 24.6. The summed E-state index contributed by atoms with van der Waals surface area (Å²) < 4.78 is 92.2. The van der Waals surface area contributed by atoms with Gasteiger partial charge < -0.3 is 14.4 Å². The van der Waals surface area contributed by atoms with Gasteiger partial charge in [-0.2, -0.15) is 13.2 Å². The quantitative estimate of drug-likeness (QED) is 0.482. The minimum absolute atomic E-state index is 0.0821. The Labute approximate surface area is 188 Å². The van der Waals surface area contributed by atoms with E-state index in [0.717, 1.165) is 25.3 Å². The fraction of sp³-hybridized carbons (Fsp3) is 0.381. The van der Waals surface area contributed by atoms with Gasteiger partial charge in [-0.15, -0.1) is 0 Å². The molecule has 1 atom stereocenters. The number of hydrogen-bond donors (Lipinski definition) is 1. The minimum Gasteiger partial charge on any atom is -0.495 e. The summed E-state index contributed by atoms with van der Waals surface area (Å²) in [6.07, 6.45) is -5.15. The summed E-state index contributed by atoms with van der Waals surface area (Å²) >= 11 is 0. The maximum absolute atomic E-state index is 14.0. The van der Waals surface area contributed by atoms with Crippen molar-refractivity contribution in [3.05, 3.63) is 47.5 Å². The molecule has 180 valence electrons. The number of rotatable bonds is 6. The molecule has 1 fully saturated rings. The molecule has 1 N–H and O–H groups in total. The van der Waals surface area contributed by atoms with Crippen LogP contribution < -0.4 is 14.4 Å². The van der Waals surface area contributed by atoms with E-state index < -0.39 is 38.8 Å². The summed E-state index contributed by atoms with van der Waals surface area (Å²) in [5.74, 6) is -0.943. The van der Waals surface area contributed by atoms with Gasteiger partial charge in [0.25, 0.3) is 10.0 Å². The van der Waals surface area contributed by atoms with Crippen LogP contribution in [0.15, 0.2) is 41.3 Å². The van der Waals surface area contributed by atoms with E-state index in [2.05, 4.69) is 9.46 Å². The normalized spacial score (nSPS) is 16.9. The Morgan fingerprint density at radius 3 is 2.48 bits per heavy atom. The van der Waals surface area contributed by atoms with Crippen LogP contribution in [0.5, 0.6) is 5.75 Å². The molecular formula is C21H22F4N2O5S. The van der Waals surface area contributed by atoms with E-state index in [-0.39, 0.29) is 29.2 Å². The number of halogens is 4. The molecule has 3 rings (SSSR count). The van der Waals surface area contributed by atoms with Crippen molar-refractivity contribution in [1.82, 2.24) is 0 Å². The van der Waals surface area contributed by atoms with Gasteiger partial charge in [0.2, 0.25) is 0 Å². The maximum atomic E-state index is 14.0. The van der Waals surface area contributed by atoms with Gasteiger partial charge in [0, 0.05) is 13.1 Å². The van der Waals surface area contributed by atoms with Crippen LogP contribution in [0.3, 0.4) is 0 Å². The van der Waals surface area contributed by atoms with Crippen LogP contribution in [0.4, 0.5) is 28.9 Å². The van der Waals surface area contributed by atoms with Crippen LogP contribution in [0.2, 0.25) is 0 Å². The first-order chi connectivity index (χ1) is 15.5. The Hall–Kier alpha value is -3.02. The van der Waals surface area contributed by atoms with Crippen LogP contribution in [-0.2, 0) is 20.9 Å². The summed E-state index contributed by atoms with van der Waals surface area (Å²) in [6, 6.07) is 6.10. The van der Waals surface area contributed by atoms with Gasteiger partial charge in [-0.3, -0.25) is 4.72 Å². The van der Waals surface area contributed by atoms with Gasteiger partial charge in [0.1, 0.15) is 16.8 Å². The molecule has 2 aromatic carbocycles. The predicted molar refractivity (Wildman–Crippen MR) is 113 cm³/mol. The van der Waals surface area contributed by atoms with Crippen molar-refractivity contribution in [1.29, 1.82) is 0 Å². The molecule has 0 aromatic heterocycles. The number of methoxy groups -OCH3 is 2. The fourth-order valence-corrected chi connectivity index (χ4v) is 4.81. The third-order valence-electron chi connectivity index (χ3n) is 5.15. The smallest absolute Gasteiger partial charge is 0.416 e. The summed E-state index contributed by atoms with van der Waals surface area (Å²) in [5, 5.41) is 0. The summed E-state index contributed by atoms with van der Waals surface area (Å²) in [5.41, 5.74) is -1.44. The Balaban J connectivity index is 2.09. The van der Waals surface area contributed by atoms with Gasteiger partial charge in [0.05, 0.1) is 36.7 Å². The number of esters is 1. The second kappa shape index (κ2) is 9.46. The summed E-state index contributed by atoms with van der Waals surface area (Å²) in [6.45, 7) is 0.267. The second-order valence-corrected chi connectivity index (χ2v) is 9.03. The first-order valence-electron chi connectivity index (χ1n) is 9.85. The van der Waals surface area contributed by atoms with Crippen LogP contribution in [0.25, 0.3) is 0 Å². The van der Waals surface area contributed by atoms with Gasteiger partial charge in [-0.05, 0) is 49.2 Å². The second-order valence-electron chi connectivity index (χ2n) is 7.38. The minimum atomic E-state index is -4.73. The molecule has 1 aliphatic heterocycles. The number of nitrogens with zero attached hydrogens (tertiary/aromatic N) is 1. The Kier molecular flexibility index (Phi) is 7.06. The number of carbonyl (C=O) groups is 1. The highest BCUT2D eigenvalue weighted by atomic mass is 32.2. The number of benzene rings is 2. The first-order valence-corrected chi connectivity index (χ1v) is 11.3. The number of sulfonamides is 1. The van der Waals surface area contributed by atoms with Crippen LogP contribution in [0, 0.1) is 0 Å². The molecule has 0 saturated carbocycles. The fourth-order valence-electron chi connectivity index (χ4n) is 3.55. The SMILES string of the molecule is COC(=O)c1ccc(OC)c(S(=O)(=O)Nc2cc(C(F)(F)F)ccc2N2CCC[C@@H](F)C2)c1. The summed E-state index contributed by atoms with van der Waals surface area (Å²) in [4.78, 5) is 12.9. The molecule has 0 bridgehead atoms. The van der Waals surface area contributed by atoms with E-state index in [1.165, 1.54) is 24.1 Å². The van der Waals surface area contributed by atoms with Gasteiger partial charge in [-0.1, -0.05) is 0 Å². The molecule has 0 aliphatic carbocycles. The number of carbonyl (C=O) groups excluding carboxylic acids is 1. The highest BCUT2D eigenvalue weighted by Crippen LogP contribution is 2.38. The van der Waals surface area contributed by atoms with E-state index in [1.807, 2.05) is 0 Å². The highest BCUT2D eigenvalue weighted by molar-refractivity contribution is 7.92. The van der Waals surface area contributed by atoms with Crippen molar-refractivity contribution in [2.75, 3.05) is 36.9 Å². The molecule has 1 heterocycles. The van der Waals surface area contributed by atoms with Crippen LogP contribution >= 0.6 is 0 Å². The predicted octanol–water partition coefficient (Wildman–Crippen LogP) is 4.24. The maximum Gasteiger partial charge on any atom is 0.416 e. The molecule has 0 amide bonds. The zero-order valence-corrected chi connectivity index (χ0v) is 18.6. The van der Waals surface area contributed by atoms with E-state index >= 15 is 0 Å². The molecule has 1 saturated heterocycles. The number of nitrogens with one attached hydrogen (secondary N) is 1. The zero-order chi connectivity index (χ0) is 24.4. The molecule has 0 spiro atoms. The molecule has 2 aromatic rings. The largest absolute Gasteiger partial charge is 0.495 e. The van der Waals surface area contributed by atoms with Crippen molar-refractivity contribution in [3.8, 4) is 5.75 Å². The number of anilines is 2. The standard InChI is InChI=1S/C21H22F4N2O5S/c1-31-18-8-5-13(20(28)32-2)10-19(18)33(29,30)26-16-11-14(21(23,24)25)6-7-17(16)27-9-3-4-15(22)12-27/h5-8,10-11,15,26H,3-4,9,12H2,1-2H3/t15-/m1/s1. The molecule has 12 heteroatoms. The van der Waals surface area contributed by atoms with Gasteiger partial charge in [0.15, 0.2) is 0 Å². The van der Waals surface area contributed by atoms with E-state index in [9.17, 15) is 30.8 Å². The lowest BCUT2D eigenvalue weighted by Crippen LogP contribution is -2.37. The molecule has 0 unspecified atom stereocenters. The Morgan fingerprint density at radius 2 is 1.88 bits per heavy atom. The lowest BCUT2D eigenvalue weighted by Gasteiger charge is -2.32. The van der Waals surface area contributed by atoms with E-state index in [1.54, 1.807) is 0 Å². The average Bonchev–Trinajstić information content (AvgIpc) is 2.77. The molecular weight excluding hydrogens is 468 g/mol. The Morgan fingerprint density at radius 1 is 1.15 bits per heavy atom. The topological polar surface area (TPSA) is 84.9 Å². The number of hydrogen-bond acceptors (Lipinski definition) is 6. The molecule has 0 radical (unpaired) electrons. The monoisotopic (exact) mass is 490 g/mol. The van der Waals surface area contributed by atoms with Gasteiger partial charge >= 0.3 is 12.1 Å². The lowest BCUT2D eigenvalue weighted by atomic mass is 10.1. The number of piperidine rings is 1. The Bertz CT molecular complexity index is 1140. The van der Waals surface area contributed by atoms with Crippen molar-refractivity contribution >= 4 is 27.4 Å². The van der Waals surface area contributed by atoms with Crippen molar-refractivity contribution in [2.24, 2.45) is 0 Å². The number of alkyl halides is 4. The average molecular weight is 490 g/mol. The van der Waals surface area contributed by atoms with E-state index in [4.69, 9.17) is 4.74 Å². The molecule has 1 aliphatic rings. The molecule has 7 nitrogen and oxygen atoms in total. The number of ether oxygens (including phenoxy) is 2. The third kappa shape index (κ3) is 5.49. The van der Waals surface area contributed by atoms with Crippen molar-refractivity contribution < 1.29 is 40.2 Å².